The Labute approximate surface area is 113 Å². The van der Waals surface area contributed by atoms with E-state index in [-0.39, 0.29) is 0 Å². The topological polar surface area (TPSA) is 68.3 Å². The van der Waals surface area contributed by atoms with Crippen molar-refractivity contribution in [3.05, 3.63) is 51.9 Å². The number of rotatable bonds is 4. The van der Waals surface area contributed by atoms with Gasteiger partial charge in [-0.1, -0.05) is 6.07 Å². The SMILES string of the molecule is Cc1c(NCc2occc2Br)cccc1C(N)=O. The van der Waals surface area contributed by atoms with Gasteiger partial charge < -0.3 is 15.5 Å². The molecule has 0 saturated carbocycles. The van der Waals surface area contributed by atoms with Gasteiger partial charge in [0.1, 0.15) is 5.76 Å². The first-order chi connectivity index (χ1) is 8.59. The Morgan fingerprint density at radius 2 is 2.22 bits per heavy atom. The smallest absolute Gasteiger partial charge is 0.249 e. The van der Waals surface area contributed by atoms with Gasteiger partial charge in [0.2, 0.25) is 5.91 Å². The maximum atomic E-state index is 11.2. The molecule has 0 aliphatic heterocycles. The van der Waals surface area contributed by atoms with Crippen LogP contribution in [0.5, 0.6) is 0 Å². The minimum atomic E-state index is -0.421. The molecule has 0 fully saturated rings. The van der Waals surface area contributed by atoms with Crippen LogP contribution in [0.15, 0.2) is 39.4 Å². The van der Waals surface area contributed by atoms with Crippen LogP contribution in [0.25, 0.3) is 0 Å². The van der Waals surface area contributed by atoms with Crippen LogP contribution in [-0.4, -0.2) is 5.91 Å². The third-order valence-electron chi connectivity index (χ3n) is 2.73. The van der Waals surface area contributed by atoms with Crippen LogP contribution in [0, 0.1) is 6.92 Å². The van der Waals surface area contributed by atoms with E-state index in [0.717, 1.165) is 21.5 Å². The number of halogens is 1. The summed E-state index contributed by atoms with van der Waals surface area (Å²) in [6.07, 6.45) is 1.62. The van der Waals surface area contributed by atoms with Crippen molar-refractivity contribution < 1.29 is 9.21 Å². The molecule has 1 aromatic carbocycles. The lowest BCUT2D eigenvalue weighted by Gasteiger charge is -2.10. The summed E-state index contributed by atoms with van der Waals surface area (Å²) < 4.78 is 6.22. The van der Waals surface area contributed by atoms with E-state index in [2.05, 4.69) is 21.2 Å². The lowest BCUT2D eigenvalue weighted by atomic mass is 10.1. The summed E-state index contributed by atoms with van der Waals surface area (Å²) in [5.41, 5.74) is 7.54. The van der Waals surface area contributed by atoms with E-state index in [4.69, 9.17) is 10.2 Å². The summed E-state index contributed by atoms with van der Waals surface area (Å²) in [6.45, 7) is 2.40. The summed E-state index contributed by atoms with van der Waals surface area (Å²) >= 11 is 3.39. The molecule has 0 bridgehead atoms. The van der Waals surface area contributed by atoms with Crippen LogP contribution in [0.2, 0.25) is 0 Å². The number of primary amides is 1. The Kier molecular flexibility index (Phi) is 3.72. The molecule has 0 atom stereocenters. The summed E-state index contributed by atoms with van der Waals surface area (Å²) in [5, 5.41) is 3.22. The molecule has 1 heterocycles. The van der Waals surface area contributed by atoms with Gasteiger partial charge in [-0.3, -0.25) is 4.79 Å². The van der Waals surface area contributed by atoms with E-state index in [9.17, 15) is 4.79 Å². The van der Waals surface area contributed by atoms with Gasteiger partial charge >= 0.3 is 0 Å². The van der Waals surface area contributed by atoms with Crippen LogP contribution >= 0.6 is 15.9 Å². The van der Waals surface area contributed by atoms with Gasteiger partial charge in [0.15, 0.2) is 0 Å². The maximum Gasteiger partial charge on any atom is 0.249 e. The maximum absolute atomic E-state index is 11.2. The average molecular weight is 309 g/mol. The van der Waals surface area contributed by atoms with Crippen LogP contribution in [-0.2, 0) is 6.54 Å². The van der Waals surface area contributed by atoms with Crippen molar-refractivity contribution in [2.45, 2.75) is 13.5 Å². The second kappa shape index (κ2) is 5.27. The normalized spacial score (nSPS) is 10.3. The van der Waals surface area contributed by atoms with Gasteiger partial charge in [0.25, 0.3) is 0 Å². The highest BCUT2D eigenvalue weighted by Crippen LogP contribution is 2.22. The first-order valence-corrected chi connectivity index (χ1v) is 6.24. The molecule has 0 spiro atoms. The average Bonchev–Trinajstić information content (AvgIpc) is 2.73. The molecule has 0 aliphatic rings. The first kappa shape index (κ1) is 12.7. The molecular formula is C13H13BrN2O2. The fraction of sp³-hybridized carbons (Fsp3) is 0.154. The summed E-state index contributed by atoms with van der Waals surface area (Å²) in [4.78, 5) is 11.2. The van der Waals surface area contributed by atoms with Crippen LogP contribution in [0.3, 0.4) is 0 Å². The molecule has 0 aliphatic carbocycles. The fourth-order valence-electron chi connectivity index (χ4n) is 1.72. The van der Waals surface area contributed by atoms with Crippen LogP contribution < -0.4 is 11.1 Å². The Hall–Kier alpha value is -1.75. The van der Waals surface area contributed by atoms with Crippen molar-refractivity contribution in [1.29, 1.82) is 0 Å². The fourth-order valence-corrected chi connectivity index (χ4v) is 2.06. The Morgan fingerprint density at radius 3 is 2.83 bits per heavy atom. The van der Waals surface area contributed by atoms with Gasteiger partial charge in [-0.25, -0.2) is 0 Å². The second-order valence-electron chi connectivity index (χ2n) is 3.89. The highest BCUT2D eigenvalue weighted by Gasteiger charge is 2.09. The molecule has 1 amide bonds. The summed E-state index contributed by atoms with van der Waals surface area (Å²) in [7, 11) is 0. The molecule has 5 heteroatoms. The largest absolute Gasteiger partial charge is 0.466 e. The quantitative estimate of drug-likeness (QED) is 0.912. The molecule has 3 N–H and O–H groups in total. The number of carbonyl (C=O) groups is 1. The third-order valence-corrected chi connectivity index (χ3v) is 3.44. The van der Waals surface area contributed by atoms with E-state index in [1.54, 1.807) is 18.4 Å². The molecule has 4 nitrogen and oxygen atoms in total. The molecule has 2 rings (SSSR count). The molecule has 2 aromatic rings. The number of amides is 1. The van der Waals surface area contributed by atoms with Gasteiger partial charge in [0.05, 0.1) is 17.3 Å². The van der Waals surface area contributed by atoms with Crippen molar-refractivity contribution in [2.24, 2.45) is 5.73 Å². The summed E-state index contributed by atoms with van der Waals surface area (Å²) in [5.74, 6) is 0.384. The van der Waals surface area contributed by atoms with Crippen molar-refractivity contribution in [3.63, 3.8) is 0 Å². The second-order valence-corrected chi connectivity index (χ2v) is 4.74. The van der Waals surface area contributed by atoms with E-state index >= 15 is 0 Å². The number of nitrogens with one attached hydrogen (secondary N) is 1. The highest BCUT2D eigenvalue weighted by atomic mass is 79.9. The van der Waals surface area contributed by atoms with E-state index in [1.165, 1.54) is 0 Å². The monoisotopic (exact) mass is 308 g/mol. The Morgan fingerprint density at radius 1 is 1.44 bits per heavy atom. The minimum absolute atomic E-state index is 0.421. The number of carbonyl (C=O) groups excluding carboxylic acids is 1. The summed E-state index contributed by atoms with van der Waals surface area (Å²) in [6, 6.07) is 7.25. The zero-order valence-electron chi connectivity index (χ0n) is 9.87. The number of furan rings is 1. The van der Waals surface area contributed by atoms with Gasteiger partial charge in [-0.05, 0) is 46.6 Å². The standard InChI is InChI=1S/C13H13BrN2O2/c1-8-9(13(15)17)3-2-4-11(8)16-7-12-10(14)5-6-18-12/h2-6,16H,7H2,1H3,(H2,15,17). The number of hydrogen-bond donors (Lipinski definition) is 2. The predicted octanol–water partition coefficient (Wildman–Crippen LogP) is 3.06. The van der Waals surface area contributed by atoms with Crippen LogP contribution in [0.4, 0.5) is 5.69 Å². The molecule has 94 valence electrons. The highest BCUT2D eigenvalue weighted by molar-refractivity contribution is 9.10. The van der Waals surface area contributed by atoms with E-state index in [1.807, 2.05) is 19.1 Å². The minimum Gasteiger partial charge on any atom is -0.466 e. The Bertz CT molecular complexity index is 578. The van der Waals surface area contributed by atoms with Crippen molar-refractivity contribution in [1.82, 2.24) is 0 Å². The zero-order chi connectivity index (χ0) is 13.1. The number of nitrogens with two attached hydrogens (primary N) is 1. The molecule has 0 unspecified atom stereocenters. The van der Waals surface area contributed by atoms with Gasteiger partial charge in [0, 0.05) is 11.3 Å². The third kappa shape index (κ3) is 2.56. The first-order valence-electron chi connectivity index (χ1n) is 5.44. The van der Waals surface area contributed by atoms with Crippen LogP contribution in [0.1, 0.15) is 21.7 Å². The van der Waals surface area contributed by atoms with Crippen molar-refractivity contribution in [2.75, 3.05) is 5.32 Å². The lowest BCUT2D eigenvalue weighted by Crippen LogP contribution is -2.13. The predicted molar refractivity (Wildman–Crippen MR) is 73.4 cm³/mol. The Balaban J connectivity index is 2.17. The number of benzene rings is 1. The van der Waals surface area contributed by atoms with E-state index in [0.29, 0.717) is 12.1 Å². The molecule has 0 radical (unpaired) electrons. The molecule has 1 aromatic heterocycles. The van der Waals surface area contributed by atoms with Crippen molar-refractivity contribution >= 4 is 27.5 Å². The molecule has 0 saturated heterocycles. The zero-order valence-corrected chi connectivity index (χ0v) is 11.5. The van der Waals surface area contributed by atoms with E-state index < -0.39 is 5.91 Å². The number of hydrogen-bond acceptors (Lipinski definition) is 3. The lowest BCUT2D eigenvalue weighted by molar-refractivity contribution is 0.1000. The van der Waals surface area contributed by atoms with Gasteiger partial charge in [-0.2, -0.15) is 0 Å². The van der Waals surface area contributed by atoms with Gasteiger partial charge in [-0.15, -0.1) is 0 Å². The molecular weight excluding hydrogens is 296 g/mol. The molecule has 18 heavy (non-hydrogen) atoms. The number of anilines is 1. The van der Waals surface area contributed by atoms with Crippen molar-refractivity contribution in [3.8, 4) is 0 Å².